The largest absolute Gasteiger partial charge is 0.494 e. The first kappa shape index (κ1) is 21.6. The van der Waals surface area contributed by atoms with Crippen LogP contribution in [0, 0.1) is 11.8 Å². The van der Waals surface area contributed by atoms with Crippen molar-refractivity contribution in [2.45, 2.75) is 70.3 Å². The van der Waals surface area contributed by atoms with Crippen molar-refractivity contribution < 1.29 is 9.53 Å². The molecule has 0 atom stereocenters. The van der Waals surface area contributed by atoms with E-state index < -0.39 is 0 Å². The summed E-state index contributed by atoms with van der Waals surface area (Å²) in [5.41, 5.74) is 0. The Morgan fingerprint density at radius 1 is 1.00 bits per heavy atom. The van der Waals surface area contributed by atoms with Crippen LogP contribution in [0.3, 0.4) is 0 Å². The van der Waals surface area contributed by atoms with E-state index in [2.05, 4.69) is 10.6 Å². The molecule has 2 aromatic rings. The van der Waals surface area contributed by atoms with Gasteiger partial charge in [-0.3, -0.25) is 4.79 Å². The van der Waals surface area contributed by atoms with Crippen LogP contribution in [-0.4, -0.2) is 32.1 Å². The number of rotatable bonds is 8. The van der Waals surface area contributed by atoms with Crippen molar-refractivity contribution in [2.24, 2.45) is 11.8 Å². The molecule has 2 saturated carbocycles. The molecule has 4 nitrogen and oxygen atoms in total. The summed E-state index contributed by atoms with van der Waals surface area (Å²) in [6.45, 7) is 1.50. The molecule has 5 heteroatoms. The van der Waals surface area contributed by atoms with Crippen LogP contribution in [0.15, 0.2) is 24.3 Å². The van der Waals surface area contributed by atoms with Crippen LogP contribution in [0.4, 0.5) is 0 Å². The van der Waals surface area contributed by atoms with Crippen LogP contribution in [-0.2, 0) is 0 Å². The molecule has 1 heterocycles. The van der Waals surface area contributed by atoms with Gasteiger partial charge in [0.15, 0.2) is 0 Å². The summed E-state index contributed by atoms with van der Waals surface area (Å²) in [7, 11) is 1.64. The molecule has 2 fully saturated rings. The molecule has 30 heavy (non-hydrogen) atoms. The van der Waals surface area contributed by atoms with Gasteiger partial charge in [-0.2, -0.15) is 0 Å². The average Bonchev–Trinajstić information content (AvgIpc) is 3.19. The topological polar surface area (TPSA) is 50.4 Å². The molecule has 0 unspecified atom stereocenters. The lowest BCUT2D eigenvalue weighted by molar-refractivity contribution is 0.0953. The summed E-state index contributed by atoms with van der Waals surface area (Å²) in [6, 6.07) is 8.67. The van der Waals surface area contributed by atoms with Crippen LogP contribution in [0.1, 0.15) is 73.9 Å². The summed E-state index contributed by atoms with van der Waals surface area (Å²) in [6.07, 6.45) is 13.9. The van der Waals surface area contributed by atoms with Crippen molar-refractivity contribution in [1.82, 2.24) is 10.6 Å². The van der Waals surface area contributed by atoms with Gasteiger partial charge in [0.2, 0.25) is 0 Å². The van der Waals surface area contributed by atoms with E-state index >= 15 is 0 Å². The number of ether oxygens (including phenoxy) is 1. The SMILES string of the molecule is COc1c(C(=O)NCCNC(C2CCCCC2)C2CCCCC2)sc2ccccc12. The third kappa shape index (κ3) is 5.00. The fraction of sp³-hybridized carbons (Fsp3) is 0.640. The van der Waals surface area contributed by atoms with E-state index in [0.717, 1.165) is 28.5 Å². The van der Waals surface area contributed by atoms with E-state index in [1.165, 1.54) is 75.5 Å². The number of hydrogen-bond donors (Lipinski definition) is 2. The minimum absolute atomic E-state index is 0.0262. The van der Waals surface area contributed by atoms with E-state index in [0.29, 0.717) is 23.2 Å². The first-order valence-electron chi connectivity index (χ1n) is 11.8. The highest BCUT2D eigenvalue weighted by atomic mass is 32.1. The normalized spacial score (nSPS) is 18.7. The second-order valence-electron chi connectivity index (χ2n) is 8.99. The Morgan fingerprint density at radius 3 is 2.27 bits per heavy atom. The van der Waals surface area contributed by atoms with E-state index in [1.807, 2.05) is 24.3 Å². The zero-order valence-electron chi connectivity index (χ0n) is 18.3. The van der Waals surface area contributed by atoms with Crippen LogP contribution in [0.5, 0.6) is 5.75 Å². The van der Waals surface area contributed by atoms with Gasteiger partial charge in [-0.1, -0.05) is 50.7 Å². The van der Waals surface area contributed by atoms with E-state index in [4.69, 9.17) is 4.74 Å². The van der Waals surface area contributed by atoms with Gasteiger partial charge in [0.05, 0.1) is 7.11 Å². The lowest BCUT2D eigenvalue weighted by Gasteiger charge is -2.38. The minimum Gasteiger partial charge on any atom is -0.494 e. The zero-order chi connectivity index (χ0) is 20.8. The number of carbonyl (C=O) groups excluding carboxylic acids is 1. The maximum Gasteiger partial charge on any atom is 0.265 e. The second kappa shape index (κ2) is 10.6. The van der Waals surface area contributed by atoms with Crippen molar-refractivity contribution in [2.75, 3.05) is 20.2 Å². The molecule has 1 aromatic heterocycles. The van der Waals surface area contributed by atoms with Crippen LogP contribution in [0.25, 0.3) is 10.1 Å². The molecule has 2 aliphatic rings. The summed E-state index contributed by atoms with van der Waals surface area (Å²) in [4.78, 5) is 13.5. The lowest BCUT2D eigenvalue weighted by atomic mass is 9.74. The molecule has 2 aliphatic carbocycles. The first-order valence-corrected chi connectivity index (χ1v) is 12.7. The van der Waals surface area contributed by atoms with Crippen LogP contribution < -0.4 is 15.4 Å². The van der Waals surface area contributed by atoms with Crippen molar-refractivity contribution in [1.29, 1.82) is 0 Å². The van der Waals surface area contributed by atoms with Gasteiger partial charge in [0.25, 0.3) is 5.91 Å². The predicted octanol–water partition coefficient (Wildman–Crippen LogP) is 5.76. The van der Waals surface area contributed by atoms with Gasteiger partial charge < -0.3 is 15.4 Å². The predicted molar refractivity (Wildman–Crippen MR) is 126 cm³/mol. The maximum atomic E-state index is 12.8. The summed E-state index contributed by atoms with van der Waals surface area (Å²) in [5.74, 6) is 2.31. The molecular formula is C25H36N2O2S. The number of fused-ring (bicyclic) bond motifs is 1. The molecule has 0 aliphatic heterocycles. The number of carbonyl (C=O) groups is 1. The van der Waals surface area contributed by atoms with Gasteiger partial charge in [0.1, 0.15) is 10.6 Å². The first-order chi connectivity index (χ1) is 14.8. The molecular weight excluding hydrogens is 392 g/mol. The van der Waals surface area contributed by atoms with E-state index in [1.54, 1.807) is 7.11 Å². The molecule has 2 N–H and O–H groups in total. The summed E-state index contributed by atoms with van der Waals surface area (Å²) >= 11 is 1.51. The highest BCUT2D eigenvalue weighted by molar-refractivity contribution is 7.21. The Hall–Kier alpha value is -1.59. The van der Waals surface area contributed by atoms with Gasteiger partial charge in [-0.25, -0.2) is 0 Å². The average molecular weight is 429 g/mol. The highest BCUT2D eigenvalue weighted by Crippen LogP contribution is 2.37. The Bertz CT molecular complexity index is 804. The molecule has 1 aromatic carbocycles. The molecule has 164 valence electrons. The van der Waals surface area contributed by atoms with Crippen molar-refractivity contribution in [3.8, 4) is 5.75 Å². The van der Waals surface area contributed by atoms with Gasteiger partial charge in [-0.15, -0.1) is 11.3 Å². The number of benzene rings is 1. The third-order valence-corrected chi connectivity index (χ3v) is 8.22. The molecule has 0 spiro atoms. The molecule has 0 radical (unpaired) electrons. The highest BCUT2D eigenvalue weighted by Gasteiger charge is 2.31. The smallest absolute Gasteiger partial charge is 0.265 e. The summed E-state index contributed by atoms with van der Waals surface area (Å²) < 4.78 is 6.65. The quantitative estimate of drug-likeness (QED) is 0.526. The fourth-order valence-electron chi connectivity index (χ4n) is 5.57. The zero-order valence-corrected chi connectivity index (χ0v) is 19.1. The van der Waals surface area contributed by atoms with Crippen LogP contribution >= 0.6 is 11.3 Å². The number of hydrogen-bond acceptors (Lipinski definition) is 4. The van der Waals surface area contributed by atoms with Gasteiger partial charge >= 0.3 is 0 Å². The Labute approximate surface area is 184 Å². The second-order valence-corrected chi connectivity index (χ2v) is 10.0. The number of nitrogens with one attached hydrogen (secondary N) is 2. The Morgan fingerprint density at radius 2 is 1.63 bits per heavy atom. The Balaban J connectivity index is 1.33. The number of thiophene rings is 1. The van der Waals surface area contributed by atoms with Crippen molar-refractivity contribution in [3.05, 3.63) is 29.1 Å². The van der Waals surface area contributed by atoms with Crippen molar-refractivity contribution in [3.63, 3.8) is 0 Å². The lowest BCUT2D eigenvalue weighted by Crippen LogP contribution is -2.46. The Kier molecular flexibility index (Phi) is 7.67. The van der Waals surface area contributed by atoms with Gasteiger partial charge in [-0.05, 0) is 49.7 Å². The van der Waals surface area contributed by atoms with E-state index in [9.17, 15) is 4.79 Å². The minimum atomic E-state index is -0.0262. The van der Waals surface area contributed by atoms with Gasteiger partial charge in [0, 0.05) is 29.2 Å². The monoisotopic (exact) mass is 428 g/mol. The standard InChI is InChI=1S/C25H36N2O2S/c1-29-23-20-14-8-9-15-21(20)30-24(23)25(28)27-17-16-26-22(18-10-4-2-5-11-18)19-12-6-3-7-13-19/h8-9,14-15,18-19,22,26H,2-7,10-13,16-17H2,1H3,(H,27,28). The fourth-order valence-corrected chi connectivity index (χ4v) is 6.66. The third-order valence-electron chi connectivity index (χ3n) is 7.07. The maximum absolute atomic E-state index is 12.8. The molecule has 0 bridgehead atoms. The summed E-state index contributed by atoms with van der Waals surface area (Å²) in [5, 5.41) is 8.02. The van der Waals surface area contributed by atoms with Crippen molar-refractivity contribution >= 4 is 27.3 Å². The number of amides is 1. The molecule has 0 saturated heterocycles. The molecule has 1 amide bonds. The van der Waals surface area contributed by atoms with Crippen LogP contribution in [0.2, 0.25) is 0 Å². The molecule has 4 rings (SSSR count). The van der Waals surface area contributed by atoms with E-state index in [-0.39, 0.29) is 5.91 Å². The number of methoxy groups -OCH3 is 1.